The Hall–Kier alpha value is -4.32. The van der Waals surface area contributed by atoms with Crippen LogP contribution < -0.4 is 15.4 Å². The molecule has 0 unspecified atom stereocenters. The maximum absolute atomic E-state index is 12.2. The number of hydrogen-bond donors (Lipinski definition) is 2. The van der Waals surface area contributed by atoms with E-state index in [0.29, 0.717) is 41.5 Å². The number of anilines is 1. The van der Waals surface area contributed by atoms with Gasteiger partial charge in [-0.05, 0) is 74.4 Å². The third-order valence-electron chi connectivity index (χ3n) is 7.59. The average molecular weight is 511 g/mol. The number of hydrogen-bond acceptors (Lipinski definition) is 6. The summed E-state index contributed by atoms with van der Waals surface area (Å²) in [4.78, 5) is 16.4. The Kier molecular flexibility index (Phi) is 6.46. The first-order valence-electron chi connectivity index (χ1n) is 13.2. The van der Waals surface area contributed by atoms with Gasteiger partial charge in [-0.3, -0.25) is 0 Å². The summed E-state index contributed by atoms with van der Waals surface area (Å²) in [6.45, 7) is 1.93. The number of fused-ring (bicyclic) bond motifs is 1. The fourth-order valence-electron chi connectivity index (χ4n) is 5.15. The molecule has 0 bridgehead atoms. The monoisotopic (exact) mass is 510 g/mol. The van der Waals surface area contributed by atoms with Gasteiger partial charge in [-0.1, -0.05) is 17.3 Å². The number of aryl methyl sites for hydroxylation is 1. The van der Waals surface area contributed by atoms with Crippen LogP contribution in [0.25, 0.3) is 10.9 Å². The third-order valence-corrected chi connectivity index (χ3v) is 7.59. The Morgan fingerprint density at radius 3 is 2.58 bits per heavy atom. The Morgan fingerprint density at radius 1 is 1.16 bits per heavy atom. The van der Waals surface area contributed by atoms with Crippen LogP contribution in [-0.2, 0) is 13.0 Å². The summed E-state index contributed by atoms with van der Waals surface area (Å²) in [5.74, 6) is 1.63. The number of aromatic nitrogens is 3. The van der Waals surface area contributed by atoms with Gasteiger partial charge in [0.2, 0.25) is 11.7 Å². The van der Waals surface area contributed by atoms with Crippen molar-refractivity contribution in [3.05, 3.63) is 71.0 Å². The van der Waals surface area contributed by atoms with E-state index in [1.54, 1.807) is 6.92 Å². The van der Waals surface area contributed by atoms with E-state index in [1.165, 1.54) is 12.8 Å². The highest BCUT2D eigenvalue weighted by atomic mass is 16.5. The Bertz CT molecular complexity index is 1510. The third kappa shape index (κ3) is 4.82. The van der Waals surface area contributed by atoms with Gasteiger partial charge in [0.1, 0.15) is 11.8 Å². The molecule has 2 aromatic carbocycles. The number of carbonyl (C=O) groups excluding carboxylic acids is 1. The summed E-state index contributed by atoms with van der Waals surface area (Å²) < 4.78 is 13.3. The fraction of sp³-hybridized carbons (Fsp3) is 0.379. The van der Waals surface area contributed by atoms with E-state index in [9.17, 15) is 10.1 Å². The minimum Gasteiger partial charge on any atom is -0.485 e. The number of benzene rings is 2. The zero-order valence-corrected chi connectivity index (χ0v) is 21.4. The van der Waals surface area contributed by atoms with Crippen LogP contribution in [0, 0.1) is 18.3 Å². The number of carbonyl (C=O) groups is 1. The Labute approximate surface area is 220 Å². The molecule has 0 spiro atoms. The van der Waals surface area contributed by atoms with E-state index >= 15 is 0 Å². The highest BCUT2D eigenvalue weighted by molar-refractivity contribution is 5.90. The zero-order valence-electron chi connectivity index (χ0n) is 21.4. The zero-order chi connectivity index (χ0) is 26.1. The molecule has 0 saturated heterocycles. The molecule has 9 heteroatoms. The van der Waals surface area contributed by atoms with Gasteiger partial charge >= 0.3 is 6.03 Å². The second kappa shape index (κ2) is 10.2. The quantitative estimate of drug-likeness (QED) is 0.311. The smallest absolute Gasteiger partial charge is 0.319 e. The van der Waals surface area contributed by atoms with Crippen LogP contribution in [0.5, 0.6) is 5.75 Å². The van der Waals surface area contributed by atoms with Crippen LogP contribution in [-0.4, -0.2) is 26.8 Å². The van der Waals surface area contributed by atoms with Gasteiger partial charge in [0, 0.05) is 42.2 Å². The second-order valence-electron chi connectivity index (χ2n) is 10.2. The molecule has 2 aliphatic rings. The molecule has 2 aromatic heterocycles. The molecule has 0 aliphatic heterocycles. The molecular formula is C29H30N6O3. The maximum atomic E-state index is 12.2. The lowest BCUT2D eigenvalue weighted by Gasteiger charge is -2.30. The molecule has 194 valence electrons. The van der Waals surface area contributed by atoms with E-state index in [4.69, 9.17) is 9.26 Å². The molecule has 2 fully saturated rings. The number of nitrogens with one attached hydrogen (secondary N) is 2. The molecule has 4 aromatic rings. The van der Waals surface area contributed by atoms with Crippen molar-refractivity contribution in [3.63, 3.8) is 0 Å². The van der Waals surface area contributed by atoms with E-state index in [2.05, 4.69) is 31.4 Å². The molecule has 9 nitrogen and oxygen atoms in total. The minimum atomic E-state index is -0.160. The highest BCUT2D eigenvalue weighted by Gasteiger charge is 2.27. The Balaban J connectivity index is 1.25. The van der Waals surface area contributed by atoms with Crippen molar-refractivity contribution in [1.82, 2.24) is 20.0 Å². The van der Waals surface area contributed by atoms with Crippen molar-refractivity contribution in [2.45, 2.75) is 70.6 Å². The topological polar surface area (TPSA) is 118 Å². The van der Waals surface area contributed by atoms with Crippen molar-refractivity contribution in [1.29, 1.82) is 5.26 Å². The summed E-state index contributed by atoms with van der Waals surface area (Å²) in [5.41, 5.74) is 4.58. The van der Waals surface area contributed by atoms with E-state index in [0.717, 1.165) is 53.5 Å². The molecule has 2 aliphatic carbocycles. The lowest BCUT2D eigenvalue weighted by molar-refractivity contribution is 0.240. The number of amides is 2. The summed E-state index contributed by atoms with van der Waals surface area (Å²) in [6, 6.07) is 16.8. The average Bonchev–Trinajstić information content (AvgIpc) is 3.41. The number of rotatable bonds is 8. The molecule has 6 rings (SSSR count). The van der Waals surface area contributed by atoms with Crippen molar-refractivity contribution in [3.8, 4) is 11.8 Å². The van der Waals surface area contributed by atoms with Crippen LogP contribution in [0.2, 0.25) is 0 Å². The highest BCUT2D eigenvalue weighted by Crippen LogP contribution is 2.40. The van der Waals surface area contributed by atoms with Gasteiger partial charge < -0.3 is 24.5 Å². The maximum Gasteiger partial charge on any atom is 0.319 e. The van der Waals surface area contributed by atoms with E-state index in [-0.39, 0.29) is 12.6 Å². The van der Waals surface area contributed by atoms with Crippen LogP contribution in [0.15, 0.2) is 47.0 Å². The lowest BCUT2D eigenvalue weighted by Crippen LogP contribution is -2.41. The minimum absolute atomic E-state index is 0.160. The molecule has 38 heavy (non-hydrogen) atoms. The summed E-state index contributed by atoms with van der Waals surface area (Å²) in [6.07, 6.45) is 7.31. The van der Waals surface area contributed by atoms with Gasteiger partial charge in [-0.25, -0.2) is 4.79 Å². The predicted octanol–water partition coefficient (Wildman–Crippen LogP) is 5.77. The number of ether oxygens (including phenoxy) is 1. The van der Waals surface area contributed by atoms with Crippen LogP contribution >= 0.6 is 0 Å². The SMILES string of the molecule is Cc1nc(COc2ccc3c(c2)c(C#N)c(Cc2ccc(NC(=O)NC4CCC4)cc2)n3C2CCC2)no1. The summed E-state index contributed by atoms with van der Waals surface area (Å²) >= 11 is 0. The molecule has 2 heterocycles. The first-order valence-corrected chi connectivity index (χ1v) is 13.2. The predicted molar refractivity (Wildman–Crippen MR) is 142 cm³/mol. The molecule has 2 N–H and O–H groups in total. The first-order chi connectivity index (χ1) is 18.6. The van der Waals surface area contributed by atoms with Crippen molar-refractivity contribution >= 4 is 22.6 Å². The summed E-state index contributed by atoms with van der Waals surface area (Å²) in [7, 11) is 0. The van der Waals surface area contributed by atoms with Gasteiger partial charge in [0.25, 0.3) is 0 Å². The normalized spacial score (nSPS) is 15.5. The van der Waals surface area contributed by atoms with Crippen LogP contribution in [0.4, 0.5) is 10.5 Å². The van der Waals surface area contributed by atoms with Gasteiger partial charge in [-0.15, -0.1) is 0 Å². The first kappa shape index (κ1) is 24.0. The fourth-order valence-corrected chi connectivity index (χ4v) is 5.15. The van der Waals surface area contributed by atoms with Gasteiger partial charge in [0.15, 0.2) is 6.61 Å². The summed E-state index contributed by atoms with van der Waals surface area (Å²) in [5, 5.41) is 20.9. The second-order valence-corrected chi connectivity index (χ2v) is 10.2. The molecule has 0 atom stereocenters. The molecule has 0 radical (unpaired) electrons. The van der Waals surface area contributed by atoms with Crippen LogP contribution in [0.1, 0.15) is 73.1 Å². The van der Waals surface area contributed by atoms with E-state index in [1.807, 2.05) is 42.5 Å². The van der Waals surface area contributed by atoms with Crippen molar-refractivity contribution in [2.75, 3.05) is 5.32 Å². The standard InChI is InChI=1S/C29H30N6O3/c1-18-31-28(34-38-18)17-37-23-12-13-26-24(15-23)25(16-30)27(35(26)22-6-3-7-22)14-19-8-10-21(11-9-19)33-29(36)32-20-4-2-5-20/h8-13,15,20,22H,2-7,14,17H2,1H3,(H2,32,33,36). The van der Waals surface area contributed by atoms with Crippen molar-refractivity contribution in [2.24, 2.45) is 0 Å². The van der Waals surface area contributed by atoms with Crippen molar-refractivity contribution < 1.29 is 14.1 Å². The molecular weight excluding hydrogens is 480 g/mol. The van der Waals surface area contributed by atoms with Gasteiger partial charge in [-0.2, -0.15) is 10.2 Å². The number of nitriles is 1. The van der Waals surface area contributed by atoms with Crippen LogP contribution in [0.3, 0.4) is 0 Å². The molecule has 2 saturated carbocycles. The number of urea groups is 1. The lowest BCUT2D eigenvalue weighted by atomic mass is 9.92. The van der Waals surface area contributed by atoms with E-state index < -0.39 is 0 Å². The largest absolute Gasteiger partial charge is 0.485 e. The van der Waals surface area contributed by atoms with Gasteiger partial charge in [0.05, 0.1) is 11.1 Å². The Morgan fingerprint density at radius 2 is 1.95 bits per heavy atom. The molecule has 2 amide bonds. The number of nitrogens with zero attached hydrogens (tertiary/aromatic N) is 4.